The fraction of sp³-hybridized carbons (Fsp3) is 0.520. The summed E-state index contributed by atoms with van der Waals surface area (Å²) in [5.74, 6) is -1.24. The lowest BCUT2D eigenvalue weighted by Crippen LogP contribution is -2.65. The summed E-state index contributed by atoms with van der Waals surface area (Å²) in [6.45, 7) is 8.07. The van der Waals surface area contributed by atoms with Crippen LogP contribution in [0.3, 0.4) is 0 Å². The molecule has 1 aromatic heterocycles. The van der Waals surface area contributed by atoms with E-state index in [0.717, 1.165) is 37.7 Å². The molecular formula is C25H34N4O4. The van der Waals surface area contributed by atoms with E-state index in [2.05, 4.69) is 24.3 Å². The summed E-state index contributed by atoms with van der Waals surface area (Å²) < 4.78 is 6.22. The van der Waals surface area contributed by atoms with Crippen molar-refractivity contribution < 1.29 is 19.1 Å². The Kier molecular flexibility index (Phi) is 7.56. The van der Waals surface area contributed by atoms with Gasteiger partial charge >= 0.3 is 5.97 Å². The summed E-state index contributed by atoms with van der Waals surface area (Å²) in [6, 6.07) is 8.97. The maximum absolute atomic E-state index is 13.7. The topological polar surface area (TPSA) is 93.5 Å². The van der Waals surface area contributed by atoms with Crippen LogP contribution in [0.2, 0.25) is 0 Å². The van der Waals surface area contributed by atoms with Crippen LogP contribution in [0.25, 0.3) is 0 Å². The van der Waals surface area contributed by atoms with Crippen molar-refractivity contribution in [3.63, 3.8) is 0 Å². The molecule has 0 spiro atoms. The van der Waals surface area contributed by atoms with Crippen molar-refractivity contribution in [3.8, 4) is 0 Å². The predicted molar refractivity (Wildman–Crippen MR) is 126 cm³/mol. The third kappa shape index (κ3) is 4.94. The van der Waals surface area contributed by atoms with Crippen LogP contribution in [0.5, 0.6) is 0 Å². The van der Waals surface area contributed by atoms with Gasteiger partial charge < -0.3 is 10.1 Å². The molecule has 2 heterocycles. The highest BCUT2D eigenvalue weighted by Gasteiger charge is 2.49. The van der Waals surface area contributed by atoms with Crippen LogP contribution in [0.1, 0.15) is 79.4 Å². The van der Waals surface area contributed by atoms with E-state index in [-0.39, 0.29) is 35.8 Å². The van der Waals surface area contributed by atoms with Gasteiger partial charge in [0.2, 0.25) is 5.91 Å². The van der Waals surface area contributed by atoms with Crippen molar-refractivity contribution in [1.82, 2.24) is 15.1 Å². The van der Waals surface area contributed by atoms with Gasteiger partial charge in [-0.3, -0.25) is 19.2 Å². The summed E-state index contributed by atoms with van der Waals surface area (Å²) in [5.41, 5.74) is 0.737. The van der Waals surface area contributed by atoms with Gasteiger partial charge in [-0.25, -0.2) is 4.79 Å². The van der Waals surface area contributed by atoms with Crippen LogP contribution >= 0.6 is 0 Å². The number of methoxy groups -OCH3 is 1. The molecule has 3 rings (SSSR count). The summed E-state index contributed by atoms with van der Waals surface area (Å²) in [4.78, 5) is 41.0. The number of hydrogen-bond acceptors (Lipinski definition) is 5. The van der Waals surface area contributed by atoms with Gasteiger partial charge in [-0.05, 0) is 38.8 Å². The first-order chi connectivity index (χ1) is 15.7. The molecule has 0 bridgehead atoms. The van der Waals surface area contributed by atoms with Gasteiger partial charge in [0.25, 0.3) is 5.91 Å². The predicted octanol–water partition coefficient (Wildman–Crippen LogP) is 3.87. The molecule has 8 heteroatoms. The van der Waals surface area contributed by atoms with Crippen LogP contribution < -0.4 is 10.2 Å². The van der Waals surface area contributed by atoms with Gasteiger partial charge in [-0.1, -0.05) is 50.8 Å². The third-order valence-corrected chi connectivity index (χ3v) is 6.21. The quantitative estimate of drug-likeness (QED) is 0.581. The zero-order valence-electron chi connectivity index (χ0n) is 20.2. The standard InChI is InChI=1S/C25H34N4O4/c1-6-8-10-18(9-7-2)26-24(32)25(4)16-28-21(15-20(27-28)23(31)33-5)22(30)29(25)19-13-11-17(3)12-14-19/h11-15,18H,6-10,16H2,1-5H3,(H,26,32). The number of esters is 1. The lowest BCUT2D eigenvalue weighted by atomic mass is 9.92. The van der Waals surface area contributed by atoms with Gasteiger partial charge in [0.05, 0.1) is 13.7 Å². The number of hydrogen-bond donors (Lipinski definition) is 1. The number of rotatable bonds is 9. The van der Waals surface area contributed by atoms with Crippen molar-refractivity contribution in [3.05, 3.63) is 47.3 Å². The number of ether oxygens (including phenoxy) is 1. The van der Waals surface area contributed by atoms with E-state index >= 15 is 0 Å². The molecule has 1 N–H and O–H groups in total. The maximum Gasteiger partial charge on any atom is 0.358 e. The summed E-state index contributed by atoms with van der Waals surface area (Å²) in [5, 5.41) is 7.47. The molecule has 0 radical (unpaired) electrons. The zero-order valence-corrected chi connectivity index (χ0v) is 20.2. The number of amides is 2. The van der Waals surface area contributed by atoms with E-state index in [4.69, 9.17) is 4.74 Å². The molecular weight excluding hydrogens is 420 g/mol. The van der Waals surface area contributed by atoms with Crippen LogP contribution in [0.4, 0.5) is 5.69 Å². The fourth-order valence-electron chi connectivity index (χ4n) is 4.31. The zero-order chi connectivity index (χ0) is 24.2. The molecule has 178 valence electrons. The fourth-order valence-corrected chi connectivity index (χ4v) is 4.31. The van der Waals surface area contributed by atoms with E-state index in [1.807, 2.05) is 31.2 Å². The Balaban J connectivity index is 2.04. The van der Waals surface area contributed by atoms with Gasteiger partial charge in [0, 0.05) is 17.8 Å². The number of aromatic nitrogens is 2. The number of carbonyl (C=O) groups is 3. The Bertz CT molecular complexity index is 1010. The van der Waals surface area contributed by atoms with Gasteiger partial charge in [-0.15, -0.1) is 0 Å². The number of benzene rings is 1. The first kappa shape index (κ1) is 24.5. The number of aryl methyl sites for hydroxylation is 1. The molecule has 0 aliphatic carbocycles. The lowest BCUT2D eigenvalue weighted by molar-refractivity contribution is -0.127. The van der Waals surface area contributed by atoms with E-state index < -0.39 is 11.5 Å². The SMILES string of the molecule is CCCCC(CCC)NC(=O)C1(C)Cn2nc(C(=O)OC)cc2C(=O)N1c1ccc(C)cc1. The van der Waals surface area contributed by atoms with Crippen LogP contribution in [0, 0.1) is 6.92 Å². The van der Waals surface area contributed by atoms with Crippen molar-refractivity contribution in [2.24, 2.45) is 0 Å². The highest BCUT2D eigenvalue weighted by atomic mass is 16.5. The minimum absolute atomic E-state index is 0.0406. The number of nitrogens with zero attached hydrogens (tertiary/aromatic N) is 3. The van der Waals surface area contributed by atoms with Crippen molar-refractivity contribution in [2.75, 3.05) is 12.0 Å². The Hall–Kier alpha value is -3.16. The second-order valence-electron chi connectivity index (χ2n) is 8.92. The Labute approximate surface area is 195 Å². The smallest absolute Gasteiger partial charge is 0.358 e. The maximum atomic E-state index is 13.7. The average molecular weight is 455 g/mol. The molecule has 33 heavy (non-hydrogen) atoms. The lowest BCUT2D eigenvalue weighted by Gasteiger charge is -2.43. The largest absolute Gasteiger partial charge is 0.464 e. The van der Waals surface area contributed by atoms with Crippen LogP contribution in [-0.2, 0) is 16.1 Å². The molecule has 8 nitrogen and oxygen atoms in total. The van der Waals surface area contributed by atoms with Crippen molar-refractivity contribution in [2.45, 2.75) is 77.9 Å². The second-order valence-corrected chi connectivity index (χ2v) is 8.92. The number of anilines is 1. The molecule has 1 aliphatic rings. The van der Waals surface area contributed by atoms with Crippen LogP contribution in [-0.4, -0.2) is 46.3 Å². The molecule has 0 saturated carbocycles. The highest BCUT2D eigenvalue weighted by Crippen LogP contribution is 2.33. The van der Waals surface area contributed by atoms with Crippen molar-refractivity contribution in [1.29, 1.82) is 0 Å². The highest BCUT2D eigenvalue weighted by molar-refractivity contribution is 6.12. The Morgan fingerprint density at radius 2 is 1.88 bits per heavy atom. The van der Waals surface area contributed by atoms with E-state index in [0.29, 0.717) is 5.69 Å². The normalized spacial score (nSPS) is 18.6. The first-order valence-electron chi connectivity index (χ1n) is 11.6. The molecule has 2 amide bonds. The number of nitrogens with one attached hydrogen (secondary N) is 1. The molecule has 1 aromatic carbocycles. The number of unbranched alkanes of at least 4 members (excludes halogenated alkanes) is 1. The molecule has 2 unspecified atom stereocenters. The molecule has 0 fully saturated rings. The minimum Gasteiger partial charge on any atom is -0.464 e. The van der Waals surface area contributed by atoms with Gasteiger partial charge in [0.1, 0.15) is 11.2 Å². The monoisotopic (exact) mass is 454 g/mol. The third-order valence-electron chi connectivity index (χ3n) is 6.21. The second kappa shape index (κ2) is 10.2. The van der Waals surface area contributed by atoms with E-state index in [9.17, 15) is 14.4 Å². The molecule has 0 saturated heterocycles. The van der Waals surface area contributed by atoms with Gasteiger partial charge in [-0.2, -0.15) is 5.10 Å². The minimum atomic E-state index is -1.23. The average Bonchev–Trinajstić information content (AvgIpc) is 3.22. The molecule has 2 atom stereocenters. The summed E-state index contributed by atoms with van der Waals surface area (Å²) in [7, 11) is 1.27. The molecule has 1 aliphatic heterocycles. The Morgan fingerprint density at radius 1 is 1.18 bits per heavy atom. The number of fused-ring (bicyclic) bond motifs is 1. The van der Waals surface area contributed by atoms with Crippen molar-refractivity contribution >= 4 is 23.5 Å². The van der Waals surface area contributed by atoms with Crippen LogP contribution in [0.15, 0.2) is 30.3 Å². The van der Waals surface area contributed by atoms with E-state index in [1.165, 1.54) is 22.8 Å². The molecule has 2 aromatic rings. The first-order valence-corrected chi connectivity index (χ1v) is 11.6. The Morgan fingerprint density at radius 3 is 2.48 bits per heavy atom. The van der Waals surface area contributed by atoms with E-state index in [1.54, 1.807) is 6.92 Å². The summed E-state index contributed by atoms with van der Waals surface area (Å²) >= 11 is 0. The number of carbonyl (C=O) groups excluding carboxylic acids is 3. The summed E-state index contributed by atoms with van der Waals surface area (Å²) in [6.07, 6.45) is 4.80. The van der Waals surface area contributed by atoms with Gasteiger partial charge in [0.15, 0.2) is 5.69 Å².